The van der Waals surface area contributed by atoms with Crippen LogP contribution in [0.1, 0.15) is 176 Å². The average Bonchev–Trinajstić information content (AvgIpc) is 1.37. The fourth-order valence-electron chi connectivity index (χ4n) is 15.2. The molecule has 3 aliphatic heterocycles. The van der Waals surface area contributed by atoms with Gasteiger partial charge in [0.25, 0.3) is 0 Å². The molecule has 3 aliphatic carbocycles. The molecule has 3 unspecified atom stereocenters. The van der Waals surface area contributed by atoms with Gasteiger partial charge < -0.3 is 64.8 Å². The van der Waals surface area contributed by atoms with Gasteiger partial charge in [0.15, 0.2) is 0 Å². The molecule has 25 nitrogen and oxygen atoms in total. The van der Waals surface area contributed by atoms with Crippen molar-refractivity contribution in [3.05, 3.63) is 0 Å². The largest absolute Gasteiger partial charge is 0.393 e. The average molecular weight is 1410 g/mol. The third-order valence-corrected chi connectivity index (χ3v) is 22.0. The van der Waals surface area contributed by atoms with Gasteiger partial charge in [0, 0.05) is 81.0 Å². The number of carbonyl (C=O) groups excluding carboxylic acids is 12. The zero-order valence-electron chi connectivity index (χ0n) is 60.1. The summed E-state index contributed by atoms with van der Waals surface area (Å²) < 4.78 is 47.7. The normalized spacial score (nSPS) is 29.2. The molecule has 6 rings (SSSR count). The second-order valence-corrected chi connectivity index (χ2v) is 29.8. The van der Waals surface area contributed by atoms with Crippen LogP contribution in [0.15, 0.2) is 0 Å². The van der Waals surface area contributed by atoms with Crippen LogP contribution >= 0.6 is 11.6 Å². The van der Waals surface area contributed by atoms with E-state index in [0.29, 0.717) is 70.9 Å². The summed E-state index contributed by atoms with van der Waals surface area (Å²) in [5.74, 6) is -11.0. The van der Waals surface area contributed by atoms with Gasteiger partial charge in [-0.1, -0.05) is 73.1 Å². The van der Waals surface area contributed by atoms with Crippen molar-refractivity contribution >= 4 is 82.5 Å². The van der Waals surface area contributed by atoms with Crippen LogP contribution in [0.3, 0.4) is 0 Å². The van der Waals surface area contributed by atoms with Gasteiger partial charge >= 0.3 is 6.18 Å². The van der Waals surface area contributed by atoms with Crippen molar-refractivity contribution in [1.29, 1.82) is 0 Å². The zero-order valence-corrected chi connectivity index (χ0v) is 60.8. The third kappa shape index (κ3) is 20.5. The SMILES string of the molecule is CCCOC[C@H]1C(=O)N(C)CC(=O)N[C@@H](CCC2CCC(C(F)(F)F)C(Cl)C2)C(=O)N2CCC[C@H]2C(=O)NC2(CCCC2)C(=O)N(C)[C@@H](C2CCCCC2)C(=O)N(C)[C@H](C(=O)N2CCCC2)CC(=O)N(C)[C@@H](CC(C)C)C(=O)N[C@@H]([C@@H](C)CC)C(=O)N(C)CC(=O)N(C)CC(=O)N1C. The first kappa shape index (κ1) is 80.7. The number of carbonyl (C=O) groups is 12. The molecule has 11 atom stereocenters. The molecule has 0 aromatic rings. The summed E-state index contributed by atoms with van der Waals surface area (Å²) in [4.78, 5) is 189. The summed E-state index contributed by atoms with van der Waals surface area (Å²) in [6, 6.07) is -8.82. The van der Waals surface area contributed by atoms with Crippen LogP contribution in [-0.2, 0) is 62.3 Å². The van der Waals surface area contributed by atoms with Gasteiger partial charge in [-0.05, 0) is 120 Å². The van der Waals surface area contributed by atoms with E-state index >= 15 is 24.0 Å². The predicted octanol–water partition coefficient (Wildman–Crippen LogP) is 4.55. The highest BCUT2D eigenvalue weighted by Gasteiger charge is 2.52. The highest BCUT2D eigenvalue weighted by molar-refractivity contribution is 6.21. The summed E-state index contributed by atoms with van der Waals surface area (Å²) in [5, 5.41) is 7.52. The van der Waals surface area contributed by atoms with E-state index < -0.39 is 174 Å². The van der Waals surface area contributed by atoms with Gasteiger partial charge in [-0.25, -0.2) is 0 Å². The molecule has 12 amide bonds. The molecule has 1 spiro atoms. The minimum Gasteiger partial charge on any atom is -0.379 e. The molecule has 3 heterocycles. The fraction of sp³-hybridized carbons (Fsp3) is 0.826. The lowest BCUT2D eigenvalue weighted by molar-refractivity contribution is -0.182. The molecule has 0 aromatic carbocycles. The van der Waals surface area contributed by atoms with Gasteiger partial charge in [0.1, 0.15) is 47.8 Å². The maximum atomic E-state index is 15.7. The fourth-order valence-corrected chi connectivity index (χ4v) is 15.7. The number of alkyl halides is 4. The molecule has 6 fully saturated rings. The maximum absolute atomic E-state index is 15.7. The van der Waals surface area contributed by atoms with E-state index in [0.717, 1.165) is 38.9 Å². The quantitative estimate of drug-likeness (QED) is 0.169. The zero-order chi connectivity index (χ0) is 72.7. The number of nitrogens with zero attached hydrogens (tertiary/aromatic N) is 9. The lowest BCUT2D eigenvalue weighted by Gasteiger charge is -2.43. The number of fused-ring (bicyclic) bond motifs is 1. The number of amides is 12. The Bertz CT molecular complexity index is 2820. The molecule has 6 aliphatic rings. The van der Waals surface area contributed by atoms with Crippen LogP contribution in [-0.4, -0.2) is 276 Å². The van der Waals surface area contributed by atoms with E-state index in [-0.39, 0.29) is 89.4 Å². The molecule has 3 saturated heterocycles. The maximum Gasteiger partial charge on any atom is 0.393 e. The number of rotatable bonds is 13. The molecule has 29 heteroatoms. The van der Waals surface area contributed by atoms with Crippen LogP contribution < -0.4 is 16.0 Å². The highest BCUT2D eigenvalue weighted by atomic mass is 35.5. The Balaban J connectivity index is 1.41. The first-order chi connectivity index (χ1) is 46.2. The van der Waals surface area contributed by atoms with Crippen LogP contribution in [0.5, 0.6) is 0 Å². The molecular weight excluding hydrogens is 1300 g/mol. The number of hydrogen-bond donors (Lipinski definition) is 3. The van der Waals surface area contributed by atoms with Gasteiger partial charge in [0.2, 0.25) is 70.9 Å². The lowest BCUT2D eigenvalue weighted by atomic mass is 9.78. The van der Waals surface area contributed by atoms with Crippen LogP contribution in [0, 0.1) is 29.6 Å². The van der Waals surface area contributed by atoms with Crippen molar-refractivity contribution in [3.63, 3.8) is 0 Å². The molecule has 98 heavy (non-hydrogen) atoms. The number of likely N-dealkylation sites (N-methyl/N-ethyl adjacent to an activating group) is 7. The smallest absolute Gasteiger partial charge is 0.379 e. The molecule has 0 aromatic heterocycles. The van der Waals surface area contributed by atoms with E-state index in [1.807, 2.05) is 27.7 Å². The minimum absolute atomic E-state index is 0.0117. The monoisotopic (exact) mass is 1410 g/mol. The molecule has 554 valence electrons. The standard InChI is InChI=1S/C69H112ClF3N12O13/c1-13-35-98-42-53-63(93)78(7)39-54(86)74-49(29-27-45-26-28-47(48(70)37-45)69(71,72)73)62(92)85-34-22-25-50(85)61(91)76-68(30-18-19-31-68)67(97)83(12)59(46-23-16-15-17-24-46)66(96)82(11)52(64(94)84-32-20-21-33-84)38-55(87)80(9)51(36-43(3)4)60(90)75-58(44(5)14-2)65(95)79(8)40-56(88)77(6)41-57(89)81(53)10/h43-53,58-59H,13-42H2,1-12H3,(H,74,86)(H,75,90)(H,76,91)/t44-,45?,47?,48?,49-,50-,51-,52-,53-,58-,59-/m0/s1. The van der Waals surface area contributed by atoms with Gasteiger partial charge in [-0.3, -0.25) is 57.5 Å². The van der Waals surface area contributed by atoms with E-state index in [2.05, 4.69) is 16.0 Å². The topological polar surface area (TPSA) is 279 Å². The molecule has 3 N–H and O–H groups in total. The minimum atomic E-state index is -4.51. The number of halogens is 4. The van der Waals surface area contributed by atoms with Crippen LogP contribution in [0.4, 0.5) is 13.2 Å². The second kappa shape index (κ2) is 36.3. The number of nitrogens with one attached hydrogen (secondary N) is 3. The first-order valence-electron chi connectivity index (χ1n) is 35.8. The summed E-state index contributed by atoms with van der Waals surface area (Å²) in [7, 11) is 9.78. The van der Waals surface area contributed by atoms with Crippen molar-refractivity contribution in [3.8, 4) is 0 Å². The Labute approximate surface area is 582 Å². The van der Waals surface area contributed by atoms with Crippen molar-refractivity contribution in [2.75, 3.05) is 102 Å². The Kier molecular flexibility index (Phi) is 29.9. The number of likely N-dealkylation sites (tertiary alicyclic amines) is 1. The summed E-state index contributed by atoms with van der Waals surface area (Å²) >= 11 is 6.38. The van der Waals surface area contributed by atoms with Crippen molar-refractivity contribution in [1.82, 2.24) is 60.0 Å². The van der Waals surface area contributed by atoms with E-state index in [9.17, 15) is 46.7 Å². The summed E-state index contributed by atoms with van der Waals surface area (Å²) in [6.07, 6.45) is 2.78. The van der Waals surface area contributed by atoms with Crippen molar-refractivity contribution < 1.29 is 75.4 Å². The van der Waals surface area contributed by atoms with E-state index in [1.54, 1.807) is 11.8 Å². The predicted molar refractivity (Wildman–Crippen MR) is 360 cm³/mol. The Morgan fingerprint density at radius 1 is 0.633 bits per heavy atom. The van der Waals surface area contributed by atoms with Gasteiger partial charge in [0.05, 0.1) is 38.6 Å². The molecular formula is C69H112ClF3N12O13. The Morgan fingerprint density at radius 2 is 1.26 bits per heavy atom. The van der Waals surface area contributed by atoms with E-state index in [1.165, 1.54) is 68.9 Å². The Hall–Kier alpha value is -6.32. The summed E-state index contributed by atoms with van der Waals surface area (Å²) in [6.45, 7) is 8.05. The third-order valence-electron chi connectivity index (χ3n) is 21.5. The number of hydrogen-bond acceptors (Lipinski definition) is 13. The van der Waals surface area contributed by atoms with Crippen molar-refractivity contribution in [2.45, 2.75) is 235 Å². The molecule has 0 bridgehead atoms. The van der Waals surface area contributed by atoms with Gasteiger partial charge in [-0.2, -0.15) is 13.2 Å². The van der Waals surface area contributed by atoms with Crippen LogP contribution in [0.25, 0.3) is 0 Å². The van der Waals surface area contributed by atoms with Gasteiger partial charge in [-0.15, -0.1) is 11.6 Å². The van der Waals surface area contributed by atoms with Crippen LogP contribution in [0.2, 0.25) is 0 Å². The summed E-state index contributed by atoms with van der Waals surface area (Å²) in [5.41, 5.74) is -1.56. The Morgan fingerprint density at radius 3 is 1.86 bits per heavy atom. The lowest BCUT2D eigenvalue weighted by Crippen LogP contribution is -2.65. The highest BCUT2D eigenvalue weighted by Crippen LogP contribution is 2.44. The first-order valence-corrected chi connectivity index (χ1v) is 36.2. The number of ether oxygens (including phenoxy) is 1. The molecule has 0 radical (unpaired) electrons. The molecule has 3 saturated carbocycles. The van der Waals surface area contributed by atoms with Crippen molar-refractivity contribution in [2.24, 2.45) is 29.6 Å². The second-order valence-electron chi connectivity index (χ2n) is 29.2. The van der Waals surface area contributed by atoms with E-state index in [4.69, 9.17) is 16.3 Å².